The van der Waals surface area contributed by atoms with Crippen molar-refractivity contribution in [3.05, 3.63) is 29.8 Å². The van der Waals surface area contributed by atoms with Crippen LogP contribution in [-0.2, 0) is 4.79 Å². The zero-order chi connectivity index (χ0) is 11.4. The molecule has 1 saturated carbocycles. The Kier molecular flexibility index (Phi) is 3.60. The molecule has 1 N–H and O–H groups in total. The number of carbonyl (C=O) groups is 1. The van der Waals surface area contributed by atoms with Crippen LogP contribution in [0.1, 0.15) is 43.6 Å². The molecule has 0 aromatic heterocycles. The number of aldehydes is 1. The highest BCUT2D eigenvalue weighted by atomic mass is 16.3. The number of hydrogen-bond acceptors (Lipinski definition) is 2. The van der Waals surface area contributed by atoms with Crippen LogP contribution in [0.25, 0.3) is 0 Å². The van der Waals surface area contributed by atoms with E-state index in [0.29, 0.717) is 24.0 Å². The molecular formula is C14H18O2. The van der Waals surface area contributed by atoms with Gasteiger partial charge in [0, 0.05) is 6.42 Å². The Labute approximate surface area is 96.3 Å². The average molecular weight is 218 g/mol. The predicted molar refractivity (Wildman–Crippen MR) is 63.5 cm³/mol. The van der Waals surface area contributed by atoms with Crippen LogP contribution in [-0.4, -0.2) is 11.4 Å². The second kappa shape index (κ2) is 5.15. The van der Waals surface area contributed by atoms with Gasteiger partial charge in [-0.3, -0.25) is 0 Å². The molecular weight excluding hydrogens is 200 g/mol. The number of benzene rings is 1. The molecule has 0 radical (unpaired) electrons. The van der Waals surface area contributed by atoms with Gasteiger partial charge in [0.1, 0.15) is 12.0 Å². The van der Waals surface area contributed by atoms with E-state index in [1.807, 2.05) is 12.1 Å². The number of phenols is 1. The lowest BCUT2D eigenvalue weighted by Gasteiger charge is -2.21. The molecule has 0 amide bonds. The minimum Gasteiger partial charge on any atom is -0.508 e. The van der Waals surface area contributed by atoms with Gasteiger partial charge in [-0.15, -0.1) is 0 Å². The van der Waals surface area contributed by atoms with Gasteiger partial charge in [-0.25, -0.2) is 0 Å². The third-order valence-electron chi connectivity index (χ3n) is 3.62. The summed E-state index contributed by atoms with van der Waals surface area (Å²) < 4.78 is 0. The third kappa shape index (κ3) is 2.43. The Morgan fingerprint density at radius 1 is 1.38 bits per heavy atom. The summed E-state index contributed by atoms with van der Waals surface area (Å²) in [5.41, 5.74) is 1.11. The van der Waals surface area contributed by atoms with Crippen molar-refractivity contribution in [1.29, 1.82) is 0 Å². The fourth-order valence-electron chi connectivity index (χ4n) is 2.82. The maximum atomic E-state index is 10.8. The second-order valence-corrected chi connectivity index (χ2v) is 4.65. The Hall–Kier alpha value is -1.31. The van der Waals surface area contributed by atoms with E-state index >= 15 is 0 Å². The van der Waals surface area contributed by atoms with Crippen LogP contribution in [0.3, 0.4) is 0 Å². The fraction of sp³-hybridized carbons (Fsp3) is 0.500. The molecule has 1 aromatic rings. The lowest BCUT2D eigenvalue weighted by atomic mass is 9.83. The summed E-state index contributed by atoms with van der Waals surface area (Å²) in [6, 6.07) is 7.35. The molecule has 2 heteroatoms. The normalized spacial score (nSPS) is 18.5. The van der Waals surface area contributed by atoms with E-state index in [1.54, 1.807) is 12.1 Å². The van der Waals surface area contributed by atoms with Crippen LogP contribution >= 0.6 is 0 Å². The van der Waals surface area contributed by atoms with E-state index in [2.05, 4.69) is 0 Å². The maximum absolute atomic E-state index is 10.8. The minimum atomic E-state index is 0.298. The molecule has 1 aliphatic rings. The Bertz CT molecular complexity index is 354. The number of carbonyl (C=O) groups excluding carboxylic acids is 1. The van der Waals surface area contributed by atoms with Gasteiger partial charge in [0.2, 0.25) is 0 Å². The van der Waals surface area contributed by atoms with Gasteiger partial charge < -0.3 is 9.90 Å². The summed E-state index contributed by atoms with van der Waals surface area (Å²) in [4.78, 5) is 10.8. The molecule has 0 bridgehead atoms. The molecule has 86 valence electrons. The van der Waals surface area contributed by atoms with E-state index < -0.39 is 0 Å². The molecule has 0 aliphatic heterocycles. The molecule has 0 spiro atoms. The molecule has 1 unspecified atom stereocenters. The first-order chi connectivity index (χ1) is 7.81. The van der Waals surface area contributed by atoms with Crippen molar-refractivity contribution >= 4 is 6.29 Å². The monoisotopic (exact) mass is 218 g/mol. The van der Waals surface area contributed by atoms with Crippen molar-refractivity contribution in [2.24, 2.45) is 5.92 Å². The van der Waals surface area contributed by atoms with Crippen molar-refractivity contribution in [1.82, 2.24) is 0 Å². The number of rotatable bonds is 4. The predicted octanol–water partition coefficient (Wildman–Crippen LogP) is 3.26. The van der Waals surface area contributed by atoms with Crippen molar-refractivity contribution in [3.8, 4) is 5.75 Å². The smallest absolute Gasteiger partial charge is 0.120 e. The number of aromatic hydroxyl groups is 1. The topological polar surface area (TPSA) is 37.3 Å². The Morgan fingerprint density at radius 3 is 2.75 bits per heavy atom. The first kappa shape index (κ1) is 11.2. The van der Waals surface area contributed by atoms with Gasteiger partial charge in [-0.1, -0.05) is 25.0 Å². The highest BCUT2D eigenvalue weighted by Crippen LogP contribution is 2.39. The first-order valence-electron chi connectivity index (χ1n) is 6.04. The van der Waals surface area contributed by atoms with Gasteiger partial charge >= 0.3 is 0 Å². The molecule has 0 saturated heterocycles. The number of phenolic OH excluding ortho intramolecular Hbond substituents is 1. The molecule has 16 heavy (non-hydrogen) atoms. The summed E-state index contributed by atoms with van der Waals surface area (Å²) in [6.07, 6.45) is 6.57. The van der Waals surface area contributed by atoms with Crippen molar-refractivity contribution in [3.63, 3.8) is 0 Å². The summed E-state index contributed by atoms with van der Waals surface area (Å²) in [5.74, 6) is 1.21. The minimum absolute atomic E-state index is 0.298. The van der Waals surface area contributed by atoms with E-state index in [-0.39, 0.29) is 0 Å². The maximum Gasteiger partial charge on any atom is 0.120 e. The number of hydrogen-bond donors (Lipinski definition) is 1. The van der Waals surface area contributed by atoms with Crippen LogP contribution in [0.2, 0.25) is 0 Å². The van der Waals surface area contributed by atoms with Crippen molar-refractivity contribution in [2.75, 3.05) is 0 Å². The second-order valence-electron chi connectivity index (χ2n) is 4.65. The molecule has 1 atom stereocenters. The van der Waals surface area contributed by atoms with Crippen molar-refractivity contribution in [2.45, 2.75) is 38.0 Å². The van der Waals surface area contributed by atoms with E-state index in [0.717, 1.165) is 11.8 Å². The highest BCUT2D eigenvalue weighted by Gasteiger charge is 2.26. The molecule has 0 heterocycles. The molecule has 1 aliphatic carbocycles. The molecule has 2 nitrogen and oxygen atoms in total. The van der Waals surface area contributed by atoms with E-state index in [9.17, 15) is 9.90 Å². The summed E-state index contributed by atoms with van der Waals surface area (Å²) in [7, 11) is 0. The van der Waals surface area contributed by atoms with Crippen molar-refractivity contribution < 1.29 is 9.90 Å². The zero-order valence-electron chi connectivity index (χ0n) is 9.43. The fourth-order valence-corrected chi connectivity index (χ4v) is 2.82. The van der Waals surface area contributed by atoms with Gasteiger partial charge in [-0.2, -0.15) is 0 Å². The molecule has 1 fully saturated rings. The molecule has 2 rings (SSSR count). The Balaban J connectivity index is 2.20. The summed E-state index contributed by atoms with van der Waals surface area (Å²) >= 11 is 0. The largest absolute Gasteiger partial charge is 0.508 e. The highest BCUT2D eigenvalue weighted by molar-refractivity contribution is 5.52. The quantitative estimate of drug-likeness (QED) is 0.788. The third-order valence-corrected chi connectivity index (χ3v) is 3.62. The van der Waals surface area contributed by atoms with Crippen LogP contribution in [0.15, 0.2) is 24.3 Å². The summed E-state index contributed by atoms with van der Waals surface area (Å²) in [6.45, 7) is 0. The van der Waals surface area contributed by atoms with Gasteiger partial charge in [0.05, 0.1) is 0 Å². The summed E-state index contributed by atoms with van der Waals surface area (Å²) in [5, 5.41) is 9.48. The average Bonchev–Trinajstić information content (AvgIpc) is 2.79. The van der Waals surface area contributed by atoms with Crippen LogP contribution in [0.5, 0.6) is 5.75 Å². The Morgan fingerprint density at radius 2 is 2.12 bits per heavy atom. The van der Waals surface area contributed by atoms with E-state index in [1.165, 1.54) is 25.7 Å². The zero-order valence-corrected chi connectivity index (χ0v) is 9.43. The lowest BCUT2D eigenvalue weighted by Crippen LogP contribution is -2.10. The van der Waals surface area contributed by atoms with Gasteiger partial charge in [0.25, 0.3) is 0 Å². The van der Waals surface area contributed by atoms with Crippen LogP contribution < -0.4 is 0 Å². The van der Waals surface area contributed by atoms with Gasteiger partial charge in [-0.05, 0) is 42.4 Å². The standard InChI is InChI=1S/C14H18O2/c15-9-8-14(11-4-1-2-5-11)12-6-3-7-13(16)10-12/h3,6-7,9-11,14,16H,1-2,4-5,8H2. The molecule has 1 aromatic carbocycles. The van der Waals surface area contributed by atoms with Crippen LogP contribution in [0, 0.1) is 5.92 Å². The first-order valence-corrected chi connectivity index (χ1v) is 6.04. The van der Waals surface area contributed by atoms with Crippen LogP contribution in [0.4, 0.5) is 0 Å². The van der Waals surface area contributed by atoms with Gasteiger partial charge in [0.15, 0.2) is 0 Å². The SMILES string of the molecule is O=CCC(c1cccc(O)c1)C1CCCC1. The van der Waals surface area contributed by atoms with E-state index in [4.69, 9.17) is 0 Å². The lowest BCUT2D eigenvalue weighted by molar-refractivity contribution is -0.108.